The Bertz CT molecular complexity index is 646. The van der Waals surface area contributed by atoms with Crippen LogP contribution in [-0.2, 0) is 0 Å². The van der Waals surface area contributed by atoms with Crippen molar-refractivity contribution in [1.82, 2.24) is 0 Å². The van der Waals surface area contributed by atoms with Crippen molar-refractivity contribution in [3.63, 3.8) is 0 Å². The molecule has 2 aromatic carbocycles. The first-order valence-corrected chi connectivity index (χ1v) is 5.98. The molecule has 19 heavy (non-hydrogen) atoms. The van der Waals surface area contributed by atoms with E-state index in [4.69, 9.17) is 0 Å². The van der Waals surface area contributed by atoms with Gasteiger partial charge in [-0.2, -0.15) is 0 Å². The van der Waals surface area contributed by atoms with Gasteiger partial charge >= 0.3 is 0 Å². The second-order valence-corrected chi connectivity index (χ2v) is 4.56. The van der Waals surface area contributed by atoms with Crippen molar-refractivity contribution in [3.8, 4) is 0 Å². The van der Waals surface area contributed by atoms with Gasteiger partial charge in [-0.25, -0.2) is 13.2 Å². The van der Waals surface area contributed by atoms with E-state index in [0.717, 1.165) is 30.3 Å². The molecule has 0 saturated heterocycles. The van der Waals surface area contributed by atoms with E-state index < -0.39 is 28.9 Å². The lowest BCUT2D eigenvalue weighted by molar-refractivity contribution is 0.102. The van der Waals surface area contributed by atoms with Gasteiger partial charge in [0.15, 0.2) is 0 Å². The van der Waals surface area contributed by atoms with Gasteiger partial charge in [0, 0.05) is 4.47 Å². The van der Waals surface area contributed by atoms with Gasteiger partial charge in [0.1, 0.15) is 17.5 Å². The fourth-order valence-electron chi connectivity index (χ4n) is 1.45. The minimum atomic E-state index is -0.836. The van der Waals surface area contributed by atoms with Crippen LogP contribution >= 0.6 is 15.9 Å². The zero-order valence-electron chi connectivity index (χ0n) is 9.38. The molecule has 0 fully saturated rings. The molecule has 0 saturated carbocycles. The Morgan fingerprint density at radius 3 is 2.32 bits per heavy atom. The number of carbonyl (C=O) groups excluding carboxylic acids is 1. The lowest BCUT2D eigenvalue weighted by Gasteiger charge is -2.08. The Balaban J connectivity index is 2.28. The summed E-state index contributed by atoms with van der Waals surface area (Å²) in [5, 5.41) is 2.36. The van der Waals surface area contributed by atoms with E-state index in [1.165, 1.54) is 6.07 Å². The third kappa shape index (κ3) is 3.14. The maximum atomic E-state index is 13.4. The van der Waals surface area contributed by atoms with E-state index >= 15 is 0 Å². The first-order chi connectivity index (χ1) is 8.97. The van der Waals surface area contributed by atoms with Gasteiger partial charge in [0.25, 0.3) is 5.91 Å². The summed E-state index contributed by atoms with van der Waals surface area (Å²) in [4.78, 5) is 11.8. The Kier molecular flexibility index (Phi) is 3.90. The lowest BCUT2D eigenvalue weighted by Crippen LogP contribution is -2.14. The molecule has 98 valence electrons. The van der Waals surface area contributed by atoms with Crippen LogP contribution in [0.25, 0.3) is 0 Å². The fourth-order valence-corrected chi connectivity index (χ4v) is 1.90. The van der Waals surface area contributed by atoms with Crippen LogP contribution in [0.5, 0.6) is 0 Å². The molecule has 0 unspecified atom stereocenters. The molecular weight excluding hydrogens is 323 g/mol. The van der Waals surface area contributed by atoms with Gasteiger partial charge in [-0.05, 0) is 52.3 Å². The van der Waals surface area contributed by atoms with E-state index in [0.29, 0.717) is 4.47 Å². The zero-order chi connectivity index (χ0) is 14.0. The highest BCUT2D eigenvalue weighted by molar-refractivity contribution is 9.10. The fraction of sp³-hybridized carbons (Fsp3) is 0. The minimum absolute atomic E-state index is 0.259. The third-order valence-corrected chi connectivity index (χ3v) is 3.01. The van der Waals surface area contributed by atoms with Gasteiger partial charge in [0.2, 0.25) is 0 Å². The number of rotatable bonds is 2. The zero-order valence-corrected chi connectivity index (χ0v) is 11.0. The van der Waals surface area contributed by atoms with Crippen molar-refractivity contribution >= 4 is 27.5 Å². The normalized spacial score (nSPS) is 10.3. The van der Waals surface area contributed by atoms with Gasteiger partial charge < -0.3 is 5.32 Å². The monoisotopic (exact) mass is 329 g/mol. The molecule has 0 aliphatic carbocycles. The van der Waals surface area contributed by atoms with E-state index in [-0.39, 0.29) is 5.69 Å². The van der Waals surface area contributed by atoms with Crippen LogP contribution in [0.2, 0.25) is 0 Å². The summed E-state index contributed by atoms with van der Waals surface area (Å²) >= 11 is 3.06. The van der Waals surface area contributed by atoms with E-state index in [1.54, 1.807) is 0 Å². The summed E-state index contributed by atoms with van der Waals surface area (Å²) in [6.45, 7) is 0. The van der Waals surface area contributed by atoms with Crippen LogP contribution in [0.4, 0.5) is 18.9 Å². The predicted molar refractivity (Wildman–Crippen MR) is 68.4 cm³/mol. The summed E-state index contributed by atoms with van der Waals surface area (Å²) in [6.07, 6.45) is 0. The molecule has 0 aliphatic rings. The molecule has 0 radical (unpaired) electrons. The molecule has 1 amide bonds. The highest BCUT2D eigenvalue weighted by Gasteiger charge is 2.14. The molecule has 2 rings (SSSR count). The maximum Gasteiger partial charge on any atom is 0.258 e. The SMILES string of the molecule is O=C(Nc1ccc(F)cc1Br)c1cc(F)ccc1F. The van der Waals surface area contributed by atoms with Crippen molar-refractivity contribution < 1.29 is 18.0 Å². The van der Waals surface area contributed by atoms with Crippen molar-refractivity contribution in [3.05, 3.63) is 63.9 Å². The average molecular weight is 330 g/mol. The Morgan fingerprint density at radius 2 is 1.63 bits per heavy atom. The number of hydrogen-bond donors (Lipinski definition) is 1. The van der Waals surface area contributed by atoms with Crippen LogP contribution in [0.1, 0.15) is 10.4 Å². The maximum absolute atomic E-state index is 13.4. The number of carbonyl (C=O) groups is 1. The van der Waals surface area contributed by atoms with Crippen LogP contribution in [-0.4, -0.2) is 5.91 Å². The number of amides is 1. The van der Waals surface area contributed by atoms with Crippen LogP contribution in [0, 0.1) is 17.5 Å². The molecule has 6 heteroatoms. The predicted octanol–water partition coefficient (Wildman–Crippen LogP) is 4.12. The number of anilines is 1. The number of halogens is 4. The molecule has 0 atom stereocenters. The summed E-state index contributed by atoms with van der Waals surface area (Å²) in [7, 11) is 0. The highest BCUT2D eigenvalue weighted by atomic mass is 79.9. The van der Waals surface area contributed by atoms with Crippen LogP contribution in [0.3, 0.4) is 0 Å². The van der Waals surface area contributed by atoms with Gasteiger partial charge in [0.05, 0.1) is 11.3 Å². The molecule has 0 aliphatic heterocycles. The van der Waals surface area contributed by atoms with Crippen LogP contribution in [0.15, 0.2) is 40.9 Å². The van der Waals surface area contributed by atoms with Gasteiger partial charge in [-0.1, -0.05) is 0 Å². The molecule has 1 N–H and O–H groups in total. The minimum Gasteiger partial charge on any atom is -0.321 e. The highest BCUT2D eigenvalue weighted by Crippen LogP contribution is 2.24. The number of benzene rings is 2. The second kappa shape index (κ2) is 5.44. The largest absolute Gasteiger partial charge is 0.321 e. The summed E-state index contributed by atoms with van der Waals surface area (Å²) in [6, 6.07) is 6.18. The molecule has 0 heterocycles. The smallest absolute Gasteiger partial charge is 0.258 e. The first kappa shape index (κ1) is 13.6. The van der Waals surface area contributed by atoms with Crippen molar-refractivity contribution in [1.29, 1.82) is 0 Å². The average Bonchev–Trinajstić information content (AvgIpc) is 2.35. The molecule has 2 aromatic rings. The molecular formula is C13H7BrF3NO. The summed E-state index contributed by atoms with van der Waals surface area (Å²) in [5.74, 6) is -2.85. The topological polar surface area (TPSA) is 29.1 Å². The Labute approximate surface area is 115 Å². The number of nitrogens with one attached hydrogen (secondary N) is 1. The molecule has 0 aromatic heterocycles. The van der Waals surface area contributed by atoms with Crippen molar-refractivity contribution in [2.45, 2.75) is 0 Å². The molecule has 0 bridgehead atoms. The van der Waals surface area contributed by atoms with E-state index in [1.807, 2.05) is 0 Å². The standard InChI is InChI=1S/C13H7BrF3NO/c14-10-6-8(16)2-4-12(10)18-13(19)9-5-7(15)1-3-11(9)17/h1-6H,(H,18,19). The molecule has 0 spiro atoms. The third-order valence-electron chi connectivity index (χ3n) is 2.35. The quantitative estimate of drug-likeness (QED) is 0.882. The van der Waals surface area contributed by atoms with Gasteiger partial charge in [-0.3, -0.25) is 4.79 Å². The first-order valence-electron chi connectivity index (χ1n) is 5.19. The number of hydrogen-bond acceptors (Lipinski definition) is 1. The Morgan fingerprint density at radius 1 is 1.00 bits per heavy atom. The summed E-state index contributed by atoms with van der Waals surface area (Å²) < 4.78 is 39.5. The van der Waals surface area contributed by atoms with Crippen molar-refractivity contribution in [2.24, 2.45) is 0 Å². The summed E-state index contributed by atoms with van der Waals surface area (Å²) in [5.41, 5.74) is -0.161. The second-order valence-electron chi connectivity index (χ2n) is 3.70. The van der Waals surface area contributed by atoms with Crippen molar-refractivity contribution in [2.75, 3.05) is 5.32 Å². The van der Waals surface area contributed by atoms with Gasteiger partial charge in [-0.15, -0.1) is 0 Å². The van der Waals surface area contributed by atoms with E-state index in [9.17, 15) is 18.0 Å². The lowest BCUT2D eigenvalue weighted by atomic mass is 10.2. The van der Waals surface area contributed by atoms with Crippen LogP contribution < -0.4 is 5.32 Å². The Hall–Kier alpha value is -1.82. The molecule has 2 nitrogen and oxygen atoms in total. The van der Waals surface area contributed by atoms with E-state index in [2.05, 4.69) is 21.2 Å².